The minimum atomic E-state index is -0.408. The van der Waals surface area contributed by atoms with Crippen LogP contribution < -0.4 is 5.32 Å². The average Bonchev–Trinajstić information content (AvgIpc) is 3.21. The topological polar surface area (TPSA) is 76.3 Å². The first kappa shape index (κ1) is 26.3. The Morgan fingerprint density at radius 1 is 1.27 bits per heavy atom. The Morgan fingerprint density at radius 3 is 2.76 bits per heavy atom. The Morgan fingerprint density at radius 2 is 2.05 bits per heavy atom. The Kier molecular flexibility index (Phi) is 7.92. The fraction of sp³-hybridized carbons (Fsp3) is 0.393. The summed E-state index contributed by atoms with van der Waals surface area (Å²) in [5, 5.41) is 3.21. The lowest BCUT2D eigenvalue weighted by Gasteiger charge is -2.41. The normalized spacial score (nSPS) is 19.3. The number of aryl methyl sites for hydroxylation is 1. The summed E-state index contributed by atoms with van der Waals surface area (Å²) in [5.41, 5.74) is 3.95. The number of nitrogens with zero attached hydrogens (tertiary/aromatic N) is 5. The zero-order valence-electron chi connectivity index (χ0n) is 22.2. The first-order valence-electron chi connectivity index (χ1n) is 12.4. The van der Waals surface area contributed by atoms with Crippen LogP contribution in [0.2, 0.25) is 0 Å². The van der Waals surface area contributed by atoms with Crippen molar-refractivity contribution >= 4 is 22.7 Å². The molecule has 0 radical (unpaired) electrons. The van der Waals surface area contributed by atoms with Gasteiger partial charge in [0.25, 0.3) is 0 Å². The molecule has 3 heterocycles. The minimum absolute atomic E-state index is 0.128. The van der Waals surface area contributed by atoms with Gasteiger partial charge in [-0.2, -0.15) is 0 Å². The van der Waals surface area contributed by atoms with E-state index in [1.807, 2.05) is 44.4 Å². The summed E-state index contributed by atoms with van der Waals surface area (Å²) in [6.45, 7) is 20.3. The van der Waals surface area contributed by atoms with Gasteiger partial charge in [-0.1, -0.05) is 13.2 Å². The van der Waals surface area contributed by atoms with E-state index in [9.17, 15) is 0 Å². The number of rotatable bonds is 6. The van der Waals surface area contributed by atoms with Crippen molar-refractivity contribution in [1.82, 2.24) is 19.8 Å². The van der Waals surface area contributed by atoms with Crippen LogP contribution in [0.25, 0.3) is 11.0 Å². The summed E-state index contributed by atoms with van der Waals surface area (Å²) in [4.78, 5) is 15.7. The monoisotopic (exact) mass is 506 g/mol. The molecule has 8 nitrogen and oxygen atoms in total. The molecule has 1 fully saturated rings. The molecule has 1 saturated heterocycles. The Labute approximate surface area is 217 Å². The van der Waals surface area contributed by atoms with E-state index < -0.39 is 5.82 Å². The maximum Gasteiger partial charge on any atom is 0.227 e. The fourth-order valence-electron chi connectivity index (χ4n) is 4.81. The average molecular weight is 507 g/mol. The first-order valence-corrected chi connectivity index (χ1v) is 12.4. The van der Waals surface area contributed by atoms with Crippen LogP contribution in [0.3, 0.4) is 0 Å². The smallest absolute Gasteiger partial charge is 0.227 e. The summed E-state index contributed by atoms with van der Waals surface area (Å²) in [5.74, 6) is 1.44. The van der Waals surface area contributed by atoms with Gasteiger partial charge in [-0.25, -0.2) is 19.4 Å². The Balaban J connectivity index is 1.64. The van der Waals surface area contributed by atoms with Crippen molar-refractivity contribution in [3.8, 4) is 0 Å². The number of allylic oxidation sites excluding steroid dienone is 4. The lowest BCUT2D eigenvalue weighted by Crippen LogP contribution is -2.49. The zero-order valence-corrected chi connectivity index (χ0v) is 22.2. The number of imidazole rings is 1. The predicted molar refractivity (Wildman–Crippen MR) is 146 cm³/mol. The SMILES string of the molecule is C=C/N=C(\N=C(/C=C)c1cc(F)c2nc(C)n(C(C)C)c2c1)N/C(C)=C/C1=C(C)N2CCOCC2CO1. The van der Waals surface area contributed by atoms with Crippen molar-refractivity contribution in [3.05, 3.63) is 78.0 Å². The second-order valence-corrected chi connectivity index (χ2v) is 9.42. The van der Waals surface area contributed by atoms with Gasteiger partial charge in [-0.3, -0.25) is 0 Å². The van der Waals surface area contributed by atoms with E-state index >= 15 is 4.39 Å². The molecule has 196 valence electrons. The summed E-state index contributed by atoms with van der Waals surface area (Å²) in [6.07, 6.45) is 4.91. The number of morpholine rings is 1. The van der Waals surface area contributed by atoms with Crippen LogP contribution in [0, 0.1) is 12.7 Å². The number of halogens is 1. The van der Waals surface area contributed by atoms with Crippen LogP contribution in [0.1, 0.15) is 45.1 Å². The molecule has 1 atom stereocenters. The van der Waals surface area contributed by atoms with Gasteiger partial charge in [-0.05, 0) is 52.8 Å². The van der Waals surface area contributed by atoms with Crippen LogP contribution in [0.4, 0.5) is 4.39 Å². The summed E-state index contributed by atoms with van der Waals surface area (Å²) in [7, 11) is 0. The highest BCUT2D eigenvalue weighted by Gasteiger charge is 2.29. The molecule has 1 aromatic heterocycles. The third-order valence-corrected chi connectivity index (χ3v) is 6.47. The van der Waals surface area contributed by atoms with E-state index in [1.54, 1.807) is 6.08 Å². The van der Waals surface area contributed by atoms with E-state index in [0.717, 1.165) is 29.5 Å². The molecule has 1 unspecified atom stereocenters. The van der Waals surface area contributed by atoms with Crippen molar-refractivity contribution in [2.45, 2.75) is 46.7 Å². The van der Waals surface area contributed by atoms with Gasteiger partial charge in [0.1, 0.15) is 23.7 Å². The highest BCUT2D eigenvalue weighted by Crippen LogP contribution is 2.26. The highest BCUT2D eigenvalue weighted by molar-refractivity contribution is 6.14. The number of ether oxygens (including phenoxy) is 2. The molecule has 2 aliphatic heterocycles. The van der Waals surface area contributed by atoms with E-state index in [0.29, 0.717) is 48.1 Å². The highest BCUT2D eigenvalue weighted by atomic mass is 19.1. The maximum absolute atomic E-state index is 15.0. The van der Waals surface area contributed by atoms with E-state index in [-0.39, 0.29) is 12.1 Å². The lowest BCUT2D eigenvalue weighted by molar-refractivity contribution is -0.0343. The van der Waals surface area contributed by atoms with Gasteiger partial charge in [0, 0.05) is 36.1 Å². The molecule has 0 bridgehead atoms. The van der Waals surface area contributed by atoms with Crippen LogP contribution in [0.15, 0.2) is 70.8 Å². The molecule has 4 rings (SSSR count). The predicted octanol–water partition coefficient (Wildman–Crippen LogP) is 5.00. The van der Waals surface area contributed by atoms with Gasteiger partial charge >= 0.3 is 0 Å². The number of nitrogens with one attached hydrogen (secondary N) is 1. The molecule has 0 saturated carbocycles. The number of aromatic nitrogens is 2. The summed E-state index contributed by atoms with van der Waals surface area (Å²) in [6, 6.07) is 3.68. The van der Waals surface area contributed by atoms with Crippen molar-refractivity contribution in [2.24, 2.45) is 9.98 Å². The minimum Gasteiger partial charge on any atom is -0.489 e. The number of aliphatic imine (C=N–C) groups is 2. The largest absolute Gasteiger partial charge is 0.489 e. The van der Waals surface area contributed by atoms with Crippen molar-refractivity contribution in [3.63, 3.8) is 0 Å². The molecule has 1 N–H and O–H groups in total. The van der Waals surface area contributed by atoms with Gasteiger partial charge < -0.3 is 24.3 Å². The fourth-order valence-corrected chi connectivity index (χ4v) is 4.81. The molecule has 2 aliphatic rings. The Hall–Kier alpha value is -3.72. The van der Waals surface area contributed by atoms with Crippen LogP contribution in [0.5, 0.6) is 0 Å². The quantitative estimate of drug-likeness (QED) is 0.441. The van der Waals surface area contributed by atoms with Crippen LogP contribution in [-0.4, -0.2) is 58.5 Å². The zero-order chi connectivity index (χ0) is 26.7. The van der Waals surface area contributed by atoms with Crippen LogP contribution in [-0.2, 0) is 9.47 Å². The number of hydrogen-bond acceptors (Lipinski definition) is 5. The van der Waals surface area contributed by atoms with Gasteiger partial charge in [0.2, 0.25) is 5.96 Å². The van der Waals surface area contributed by atoms with Gasteiger partial charge in [0.15, 0.2) is 5.82 Å². The standard InChI is InChI=1S/C28H35FN6O2/c1-8-24(21-13-23(29)27-25(14-21)35(17(3)4)20(7)32-27)33-28(30-9-2)31-18(5)12-26-19(6)34-10-11-36-15-22(34)16-37-26/h8-9,12-14,17,22H,1-2,10-11,15-16H2,3-7H3,(H,30,31)/b18-12+,33-24+. The second-order valence-electron chi connectivity index (χ2n) is 9.42. The third kappa shape index (κ3) is 5.51. The third-order valence-electron chi connectivity index (χ3n) is 6.47. The van der Waals surface area contributed by atoms with Gasteiger partial charge in [-0.15, -0.1) is 0 Å². The molecule has 2 aromatic rings. The summed E-state index contributed by atoms with van der Waals surface area (Å²) >= 11 is 0. The number of fused-ring (bicyclic) bond motifs is 2. The Bertz CT molecular complexity index is 1330. The molecular weight excluding hydrogens is 471 g/mol. The molecule has 37 heavy (non-hydrogen) atoms. The van der Waals surface area contributed by atoms with Crippen LogP contribution >= 0.6 is 0 Å². The maximum atomic E-state index is 15.0. The molecule has 0 aliphatic carbocycles. The first-order chi connectivity index (χ1) is 17.7. The molecule has 9 heteroatoms. The summed E-state index contributed by atoms with van der Waals surface area (Å²) < 4.78 is 28.6. The van der Waals surface area contributed by atoms with E-state index in [1.165, 1.54) is 12.3 Å². The van der Waals surface area contributed by atoms with Gasteiger partial charge in [0.05, 0.1) is 36.2 Å². The molecule has 0 amide bonds. The lowest BCUT2D eigenvalue weighted by atomic mass is 10.1. The van der Waals surface area contributed by atoms with E-state index in [4.69, 9.17) is 9.47 Å². The second kappa shape index (κ2) is 11.1. The number of guanidine groups is 1. The molecular formula is C28H35FN6O2. The van der Waals surface area contributed by atoms with Crippen molar-refractivity contribution in [2.75, 3.05) is 26.4 Å². The molecule has 0 spiro atoms. The molecule has 1 aromatic carbocycles. The number of benzene rings is 1. The van der Waals surface area contributed by atoms with E-state index in [2.05, 4.69) is 45.3 Å². The number of hydrogen-bond donors (Lipinski definition) is 1. The van der Waals surface area contributed by atoms with Crippen molar-refractivity contribution in [1.29, 1.82) is 0 Å². The van der Waals surface area contributed by atoms with Crippen molar-refractivity contribution < 1.29 is 13.9 Å².